The van der Waals surface area contributed by atoms with Crippen LogP contribution in [-0.2, 0) is 14.1 Å². The predicted octanol–water partition coefficient (Wildman–Crippen LogP) is 0.136. The van der Waals surface area contributed by atoms with Gasteiger partial charge in [-0.3, -0.25) is 24.0 Å². The maximum absolute atomic E-state index is 12.3. The van der Waals surface area contributed by atoms with Crippen LogP contribution in [0.25, 0.3) is 0 Å². The van der Waals surface area contributed by atoms with Gasteiger partial charge < -0.3 is 5.73 Å². The van der Waals surface area contributed by atoms with Gasteiger partial charge in [-0.05, 0) is 11.4 Å². The van der Waals surface area contributed by atoms with E-state index in [0.29, 0.717) is 4.88 Å². The molecule has 0 aromatic carbocycles. The standard InChI is InChI=1S/C12H14N4O4S/c1-14-10(13)9(11(17)15(2)12(14)18)7(6-16(19)20)8-4-3-5-21-8/h3-5,7H,6,13H2,1-2H3/t7-/m0/s1. The second kappa shape index (κ2) is 5.52. The fraction of sp³-hybridized carbons (Fsp3) is 0.333. The molecule has 0 bridgehead atoms. The Balaban J connectivity index is 2.75. The summed E-state index contributed by atoms with van der Waals surface area (Å²) in [6.07, 6.45) is 0. The lowest BCUT2D eigenvalue weighted by Crippen LogP contribution is -2.41. The van der Waals surface area contributed by atoms with E-state index in [9.17, 15) is 19.7 Å². The van der Waals surface area contributed by atoms with Gasteiger partial charge in [-0.25, -0.2) is 4.79 Å². The number of nitrogen functional groups attached to an aromatic ring is 1. The first-order valence-corrected chi connectivity index (χ1v) is 6.93. The van der Waals surface area contributed by atoms with Gasteiger partial charge in [-0.15, -0.1) is 11.3 Å². The maximum atomic E-state index is 12.3. The number of aromatic nitrogens is 2. The fourth-order valence-electron chi connectivity index (χ4n) is 2.18. The second-order valence-electron chi connectivity index (χ2n) is 4.59. The molecule has 0 unspecified atom stereocenters. The smallest absolute Gasteiger partial charge is 0.332 e. The SMILES string of the molecule is Cn1c(N)c([C@@H](C[N+](=O)[O-])c2cccs2)c(=O)n(C)c1=O. The molecule has 2 aromatic heterocycles. The molecule has 8 nitrogen and oxygen atoms in total. The van der Waals surface area contributed by atoms with Crippen LogP contribution in [0.2, 0.25) is 0 Å². The number of nitro groups is 1. The molecule has 0 saturated heterocycles. The molecule has 1 atom stereocenters. The Hall–Kier alpha value is -2.42. The van der Waals surface area contributed by atoms with E-state index in [1.54, 1.807) is 17.5 Å². The van der Waals surface area contributed by atoms with Gasteiger partial charge in [0.15, 0.2) is 0 Å². The number of hydrogen-bond donors (Lipinski definition) is 1. The van der Waals surface area contributed by atoms with E-state index < -0.39 is 28.6 Å². The minimum absolute atomic E-state index is 0.0386. The van der Waals surface area contributed by atoms with Crippen molar-refractivity contribution < 1.29 is 4.92 Å². The van der Waals surface area contributed by atoms with Gasteiger partial charge in [-0.2, -0.15) is 0 Å². The molecule has 21 heavy (non-hydrogen) atoms. The summed E-state index contributed by atoms with van der Waals surface area (Å²) in [5, 5.41) is 12.7. The number of hydrogen-bond acceptors (Lipinski definition) is 6. The zero-order valence-electron chi connectivity index (χ0n) is 11.5. The Morgan fingerprint density at radius 2 is 2.05 bits per heavy atom. The summed E-state index contributed by atoms with van der Waals surface area (Å²) in [5.74, 6) is -0.811. The van der Waals surface area contributed by atoms with Crippen molar-refractivity contribution in [3.8, 4) is 0 Å². The number of thiophene rings is 1. The first-order chi connectivity index (χ1) is 9.84. The summed E-state index contributed by atoms with van der Waals surface area (Å²) in [7, 11) is 2.75. The molecule has 0 saturated carbocycles. The van der Waals surface area contributed by atoms with E-state index in [-0.39, 0.29) is 11.4 Å². The van der Waals surface area contributed by atoms with Gasteiger partial charge in [0.05, 0.1) is 11.5 Å². The summed E-state index contributed by atoms with van der Waals surface area (Å²) in [6, 6.07) is 3.46. The quantitative estimate of drug-likeness (QED) is 0.637. The van der Waals surface area contributed by atoms with E-state index in [2.05, 4.69) is 0 Å². The number of nitrogens with two attached hydrogens (primary N) is 1. The molecule has 0 spiro atoms. The fourth-order valence-corrected chi connectivity index (χ4v) is 3.00. The van der Waals surface area contributed by atoms with E-state index in [0.717, 1.165) is 9.13 Å². The van der Waals surface area contributed by atoms with Crippen molar-refractivity contribution in [1.82, 2.24) is 9.13 Å². The van der Waals surface area contributed by atoms with E-state index in [1.165, 1.54) is 25.4 Å². The third-order valence-corrected chi connectivity index (χ3v) is 4.30. The van der Waals surface area contributed by atoms with Gasteiger partial charge in [0.1, 0.15) is 5.82 Å². The zero-order valence-corrected chi connectivity index (χ0v) is 12.3. The van der Waals surface area contributed by atoms with Gasteiger partial charge in [0.2, 0.25) is 6.54 Å². The molecule has 0 aliphatic rings. The molecule has 0 radical (unpaired) electrons. The number of rotatable bonds is 4. The van der Waals surface area contributed by atoms with Gasteiger partial charge in [0.25, 0.3) is 5.56 Å². The summed E-state index contributed by atoms with van der Waals surface area (Å²) in [6.45, 7) is -0.460. The first-order valence-electron chi connectivity index (χ1n) is 6.05. The van der Waals surface area contributed by atoms with E-state index in [4.69, 9.17) is 5.73 Å². The van der Waals surface area contributed by atoms with Crippen molar-refractivity contribution in [3.63, 3.8) is 0 Å². The molecular weight excluding hydrogens is 296 g/mol. The van der Waals surface area contributed by atoms with Crippen LogP contribution in [0.1, 0.15) is 16.4 Å². The van der Waals surface area contributed by atoms with Gasteiger partial charge in [-0.1, -0.05) is 6.07 Å². The van der Waals surface area contributed by atoms with Crippen molar-refractivity contribution in [3.05, 3.63) is 58.9 Å². The Labute approximate surface area is 123 Å². The van der Waals surface area contributed by atoms with Crippen LogP contribution < -0.4 is 17.0 Å². The second-order valence-corrected chi connectivity index (χ2v) is 5.57. The van der Waals surface area contributed by atoms with Crippen molar-refractivity contribution in [2.45, 2.75) is 5.92 Å². The normalized spacial score (nSPS) is 12.3. The predicted molar refractivity (Wildman–Crippen MR) is 79.4 cm³/mol. The summed E-state index contributed by atoms with van der Waals surface area (Å²) in [4.78, 5) is 35.2. The Morgan fingerprint density at radius 3 is 2.57 bits per heavy atom. The highest BCUT2D eigenvalue weighted by atomic mass is 32.1. The van der Waals surface area contributed by atoms with E-state index in [1.807, 2.05) is 0 Å². The molecule has 112 valence electrons. The average molecular weight is 310 g/mol. The average Bonchev–Trinajstić information content (AvgIpc) is 2.95. The lowest BCUT2D eigenvalue weighted by Gasteiger charge is -2.16. The van der Waals surface area contributed by atoms with Crippen LogP contribution in [0.3, 0.4) is 0 Å². The summed E-state index contributed by atoms with van der Waals surface area (Å²) in [5.41, 5.74) is 4.79. The van der Waals surface area contributed by atoms with Crippen LogP contribution in [0.5, 0.6) is 0 Å². The van der Waals surface area contributed by atoms with Crippen LogP contribution in [0.15, 0.2) is 27.1 Å². The molecular formula is C12H14N4O4S. The molecule has 0 fully saturated rings. The lowest BCUT2D eigenvalue weighted by molar-refractivity contribution is -0.481. The molecule has 0 amide bonds. The molecule has 2 rings (SSSR count). The Morgan fingerprint density at radius 1 is 1.38 bits per heavy atom. The summed E-state index contributed by atoms with van der Waals surface area (Å²) < 4.78 is 2.03. The minimum atomic E-state index is -0.773. The van der Waals surface area contributed by atoms with Crippen LogP contribution in [0, 0.1) is 10.1 Å². The minimum Gasteiger partial charge on any atom is -0.385 e. The Bertz CT molecular complexity index is 791. The van der Waals surface area contributed by atoms with Crippen LogP contribution >= 0.6 is 11.3 Å². The highest BCUT2D eigenvalue weighted by Gasteiger charge is 2.28. The van der Waals surface area contributed by atoms with Gasteiger partial charge >= 0.3 is 5.69 Å². The molecule has 2 aromatic rings. The topological polar surface area (TPSA) is 113 Å². The summed E-state index contributed by atoms with van der Waals surface area (Å²) >= 11 is 1.31. The molecule has 0 aliphatic heterocycles. The lowest BCUT2D eigenvalue weighted by atomic mass is 9.99. The number of nitrogens with zero attached hydrogens (tertiary/aromatic N) is 3. The first kappa shape index (κ1) is 15.0. The largest absolute Gasteiger partial charge is 0.385 e. The molecule has 2 heterocycles. The maximum Gasteiger partial charge on any atom is 0.332 e. The molecule has 2 N–H and O–H groups in total. The highest BCUT2D eigenvalue weighted by Crippen LogP contribution is 2.29. The molecule has 0 aliphatic carbocycles. The van der Waals surface area contributed by atoms with Crippen molar-refractivity contribution >= 4 is 17.2 Å². The van der Waals surface area contributed by atoms with Crippen LogP contribution in [0.4, 0.5) is 5.82 Å². The van der Waals surface area contributed by atoms with Gasteiger partial charge in [0, 0.05) is 23.9 Å². The monoisotopic (exact) mass is 310 g/mol. The third kappa shape index (κ3) is 2.59. The highest BCUT2D eigenvalue weighted by molar-refractivity contribution is 7.10. The van der Waals surface area contributed by atoms with Crippen molar-refractivity contribution in [2.24, 2.45) is 14.1 Å². The number of anilines is 1. The molecule has 9 heteroatoms. The zero-order chi connectivity index (χ0) is 15.7. The van der Waals surface area contributed by atoms with E-state index >= 15 is 0 Å². The van der Waals surface area contributed by atoms with Crippen molar-refractivity contribution in [2.75, 3.05) is 12.3 Å². The third-order valence-electron chi connectivity index (χ3n) is 3.31. The van der Waals surface area contributed by atoms with Crippen molar-refractivity contribution in [1.29, 1.82) is 0 Å². The van der Waals surface area contributed by atoms with Crippen LogP contribution in [-0.4, -0.2) is 20.6 Å². The Kier molecular flexibility index (Phi) is 3.94.